The molecule has 0 saturated carbocycles. The molecule has 0 radical (unpaired) electrons. The molecule has 0 fully saturated rings. The maximum atomic E-state index is 12.0. The van der Waals surface area contributed by atoms with Gasteiger partial charge >= 0.3 is 5.97 Å². The average molecular weight is 364 g/mol. The minimum atomic E-state index is -0.365. The SMILES string of the molecule is O=C(Cc1csc(-c2cccc(Cl)c2)n1)Oc1ccc(Cl)cc1. The zero-order chi connectivity index (χ0) is 16.2. The lowest BCUT2D eigenvalue weighted by Crippen LogP contribution is -2.11. The monoisotopic (exact) mass is 363 g/mol. The van der Waals surface area contributed by atoms with Crippen molar-refractivity contribution in [2.45, 2.75) is 6.42 Å². The van der Waals surface area contributed by atoms with Crippen LogP contribution in [0.25, 0.3) is 10.6 Å². The van der Waals surface area contributed by atoms with Gasteiger partial charge in [0.1, 0.15) is 10.8 Å². The van der Waals surface area contributed by atoms with Gasteiger partial charge in [0.25, 0.3) is 0 Å². The van der Waals surface area contributed by atoms with Gasteiger partial charge in [0, 0.05) is 21.0 Å². The highest BCUT2D eigenvalue weighted by molar-refractivity contribution is 7.13. The molecule has 0 bridgehead atoms. The number of carbonyl (C=O) groups excluding carboxylic acids is 1. The molecule has 3 rings (SSSR count). The Kier molecular flexibility index (Phi) is 4.96. The fraction of sp³-hybridized carbons (Fsp3) is 0.0588. The summed E-state index contributed by atoms with van der Waals surface area (Å²) in [6.07, 6.45) is 0.111. The summed E-state index contributed by atoms with van der Waals surface area (Å²) in [7, 11) is 0. The molecule has 0 amide bonds. The predicted octanol–water partition coefficient (Wildman–Crippen LogP) is 5.27. The summed E-state index contributed by atoms with van der Waals surface area (Å²) in [6.45, 7) is 0. The Morgan fingerprint density at radius 3 is 2.61 bits per heavy atom. The van der Waals surface area contributed by atoms with Gasteiger partial charge in [0.2, 0.25) is 0 Å². The zero-order valence-corrected chi connectivity index (χ0v) is 14.2. The molecule has 0 unspecified atom stereocenters. The molecule has 0 aliphatic carbocycles. The number of hydrogen-bond donors (Lipinski definition) is 0. The van der Waals surface area contributed by atoms with Crippen LogP contribution in [-0.2, 0) is 11.2 Å². The molecule has 0 saturated heterocycles. The fourth-order valence-corrected chi connectivity index (χ4v) is 3.09. The van der Waals surface area contributed by atoms with Gasteiger partial charge in [0.05, 0.1) is 12.1 Å². The highest BCUT2D eigenvalue weighted by Gasteiger charge is 2.11. The molecule has 23 heavy (non-hydrogen) atoms. The van der Waals surface area contributed by atoms with Crippen LogP contribution in [0.1, 0.15) is 5.69 Å². The molecule has 0 atom stereocenters. The molecule has 2 aromatic carbocycles. The molecule has 1 heterocycles. The van der Waals surface area contributed by atoms with Crippen molar-refractivity contribution < 1.29 is 9.53 Å². The topological polar surface area (TPSA) is 39.2 Å². The quantitative estimate of drug-likeness (QED) is 0.468. The van der Waals surface area contributed by atoms with Crippen molar-refractivity contribution in [1.82, 2.24) is 4.98 Å². The Labute approximate surface area is 147 Å². The number of rotatable bonds is 4. The van der Waals surface area contributed by atoms with E-state index in [9.17, 15) is 4.79 Å². The van der Waals surface area contributed by atoms with Crippen LogP contribution < -0.4 is 4.74 Å². The summed E-state index contributed by atoms with van der Waals surface area (Å²) in [4.78, 5) is 16.4. The largest absolute Gasteiger partial charge is 0.426 e. The highest BCUT2D eigenvalue weighted by Crippen LogP contribution is 2.26. The van der Waals surface area contributed by atoms with Crippen LogP contribution >= 0.6 is 34.5 Å². The van der Waals surface area contributed by atoms with Crippen LogP contribution in [0.15, 0.2) is 53.9 Å². The van der Waals surface area contributed by atoms with Crippen LogP contribution in [0.2, 0.25) is 10.0 Å². The van der Waals surface area contributed by atoms with E-state index in [1.807, 2.05) is 29.6 Å². The lowest BCUT2D eigenvalue weighted by atomic mass is 10.2. The molecule has 3 aromatic rings. The van der Waals surface area contributed by atoms with E-state index in [0.29, 0.717) is 21.5 Å². The van der Waals surface area contributed by atoms with E-state index in [0.717, 1.165) is 10.6 Å². The molecular formula is C17H11Cl2NO2S. The van der Waals surface area contributed by atoms with E-state index in [4.69, 9.17) is 27.9 Å². The third-order valence-corrected chi connectivity index (χ3v) is 4.42. The number of ether oxygens (including phenoxy) is 1. The maximum Gasteiger partial charge on any atom is 0.317 e. The molecule has 0 N–H and O–H groups in total. The van der Waals surface area contributed by atoms with Crippen molar-refractivity contribution in [1.29, 1.82) is 0 Å². The molecule has 6 heteroatoms. The Bertz CT molecular complexity index is 831. The standard InChI is InChI=1S/C17H11Cl2NO2S/c18-12-4-6-15(7-5-12)22-16(21)9-14-10-23-17(20-14)11-2-1-3-13(19)8-11/h1-8,10H,9H2. The van der Waals surface area contributed by atoms with Gasteiger partial charge < -0.3 is 4.74 Å². The summed E-state index contributed by atoms with van der Waals surface area (Å²) < 4.78 is 5.25. The number of carbonyl (C=O) groups is 1. The third-order valence-electron chi connectivity index (χ3n) is 2.99. The number of benzene rings is 2. The first-order chi connectivity index (χ1) is 11.1. The summed E-state index contributed by atoms with van der Waals surface area (Å²) in [6, 6.07) is 14.1. The van der Waals surface area contributed by atoms with Crippen LogP contribution in [0.3, 0.4) is 0 Å². The average Bonchev–Trinajstić information content (AvgIpc) is 2.98. The van der Waals surface area contributed by atoms with Crippen molar-refractivity contribution in [3.63, 3.8) is 0 Å². The molecular weight excluding hydrogens is 353 g/mol. The molecule has 3 nitrogen and oxygen atoms in total. The van der Waals surface area contributed by atoms with Gasteiger partial charge in [-0.2, -0.15) is 0 Å². The minimum absolute atomic E-state index is 0.111. The van der Waals surface area contributed by atoms with Gasteiger partial charge in [-0.15, -0.1) is 11.3 Å². The molecule has 116 valence electrons. The van der Waals surface area contributed by atoms with Gasteiger partial charge in [-0.05, 0) is 36.4 Å². The summed E-state index contributed by atoms with van der Waals surface area (Å²) in [5, 5.41) is 3.91. The molecule has 0 spiro atoms. The maximum absolute atomic E-state index is 12.0. The first kappa shape index (κ1) is 16.0. The van der Waals surface area contributed by atoms with E-state index in [1.165, 1.54) is 11.3 Å². The van der Waals surface area contributed by atoms with E-state index in [1.54, 1.807) is 24.3 Å². The number of hydrogen-bond acceptors (Lipinski definition) is 4. The Morgan fingerprint density at radius 1 is 1.09 bits per heavy atom. The Morgan fingerprint density at radius 2 is 1.87 bits per heavy atom. The number of esters is 1. The first-order valence-electron chi connectivity index (χ1n) is 6.77. The van der Waals surface area contributed by atoms with Crippen LogP contribution in [0, 0.1) is 0 Å². The van der Waals surface area contributed by atoms with Gasteiger partial charge in [-0.3, -0.25) is 4.79 Å². The lowest BCUT2D eigenvalue weighted by molar-refractivity contribution is -0.133. The minimum Gasteiger partial charge on any atom is -0.426 e. The van der Waals surface area contributed by atoms with Gasteiger partial charge in [0.15, 0.2) is 0 Å². The highest BCUT2D eigenvalue weighted by atomic mass is 35.5. The summed E-state index contributed by atoms with van der Waals surface area (Å²) >= 11 is 13.2. The lowest BCUT2D eigenvalue weighted by Gasteiger charge is -2.02. The second-order valence-corrected chi connectivity index (χ2v) is 6.49. The fourth-order valence-electron chi connectivity index (χ4n) is 1.96. The number of nitrogens with zero attached hydrogens (tertiary/aromatic N) is 1. The first-order valence-corrected chi connectivity index (χ1v) is 8.40. The molecule has 0 aliphatic rings. The van der Waals surface area contributed by atoms with Crippen LogP contribution in [0.4, 0.5) is 0 Å². The van der Waals surface area contributed by atoms with Crippen LogP contribution in [-0.4, -0.2) is 11.0 Å². The van der Waals surface area contributed by atoms with Crippen LogP contribution in [0.5, 0.6) is 5.75 Å². The van der Waals surface area contributed by atoms with Crippen molar-refractivity contribution in [2.24, 2.45) is 0 Å². The van der Waals surface area contributed by atoms with E-state index >= 15 is 0 Å². The Hall–Kier alpha value is -1.88. The van der Waals surface area contributed by atoms with Crippen molar-refractivity contribution in [3.05, 3.63) is 69.7 Å². The number of aromatic nitrogens is 1. The van der Waals surface area contributed by atoms with E-state index in [2.05, 4.69) is 4.98 Å². The van der Waals surface area contributed by atoms with E-state index < -0.39 is 0 Å². The predicted molar refractivity (Wildman–Crippen MR) is 93.4 cm³/mol. The van der Waals surface area contributed by atoms with E-state index in [-0.39, 0.29) is 12.4 Å². The Balaban J connectivity index is 1.66. The van der Waals surface area contributed by atoms with Crippen molar-refractivity contribution >= 4 is 40.5 Å². The van der Waals surface area contributed by atoms with Crippen molar-refractivity contribution in [2.75, 3.05) is 0 Å². The summed E-state index contributed by atoms with van der Waals surface area (Å²) in [5.41, 5.74) is 1.60. The smallest absolute Gasteiger partial charge is 0.317 e. The second-order valence-electron chi connectivity index (χ2n) is 4.76. The normalized spacial score (nSPS) is 10.5. The number of halogens is 2. The molecule has 1 aromatic heterocycles. The zero-order valence-electron chi connectivity index (χ0n) is 11.8. The van der Waals surface area contributed by atoms with Crippen molar-refractivity contribution in [3.8, 4) is 16.3 Å². The molecule has 0 aliphatic heterocycles. The van der Waals surface area contributed by atoms with Gasteiger partial charge in [-0.25, -0.2) is 4.98 Å². The van der Waals surface area contributed by atoms with Gasteiger partial charge in [-0.1, -0.05) is 35.3 Å². The summed E-state index contributed by atoms with van der Waals surface area (Å²) in [5.74, 6) is 0.0972. The second kappa shape index (κ2) is 7.13. The number of thiazole rings is 1. The third kappa shape index (κ3) is 4.32.